The number of benzene rings is 4. The fourth-order valence-electron chi connectivity index (χ4n) is 4.30. The molecule has 0 unspecified atom stereocenters. The van der Waals surface area contributed by atoms with E-state index in [4.69, 9.17) is 4.98 Å². The molecule has 2 aromatic heterocycles. The van der Waals surface area contributed by atoms with Gasteiger partial charge in [0.2, 0.25) is 0 Å². The van der Waals surface area contributed by atoms with Crippen LogP contribution in [0.5, 0.6) is 0 Å². The summed E-state index contributed by atoms with van der Waals surface area (Å²) in [5.74, 6) is 0. The van der Waals surface area contributed by atoms with Gasteiger partial charge in [0.05, 0.1) is 11.0 Å². The third kappa shape index (κ3) is 1.58. The van der Waals surface area contributed by atoms with Crippen molar-refractivity contribution in [3.8, 4) is 0 Å². The lowest BCUT2D eigenvalue weighted by Gasteiger charge is -2.14. The Morgan fingerprint density at radius 1 is 0.808 bits per heavy atom. The number of fused-ring (bicyclic) bond motifs is 3. The molecule has 0 amide bonds. The molecule has 122 valence electrons. The Bertz CT molecular complexity index is 1550. The summed E-state index contributed by atoms with van der Waals surface area (Å²) in [7, 11) is 0. The number of nitrogens with zero attached hydrogens (tertiary/aromatic N) is 2. The molecule has 6 rings (SSSR count). The van der Waals surface area contributed by atoms with Crippen LogP contribution in [-0.4, -0.2) is 9.38 Å². The van der Waals surface area contributed by atoms with Gasteiger partial charge in [-0.05, 0) is 41.5 Å². The third-order valence-electron chi connectivity index (χ3n) is 5.34. The average molecular weight is 334 g/mol. The molecular weight excluding hydrogens is 320 g/mol. The molecule has 0 radical (unpaired) electrons. The van der Waals surface area contributed by atoms with E-state index >= 15 is 0 Å². The number of hydrogen-bond acceptors (Lipinski definition) is 2. The molecule has 0 aliphatic rings. The highest BCUT2D eigenvalue weighted by molar-refractivity contribution is 6.17. The molecule has 0 atom stereocenters. The van der Waals surface area contributed by atoms with Crippen molar-refractivity contribution < 1.29 is 0 Å². The predicted octanol–water partition coefficient (Wildman–Crippen LogP) is 5.05. The SMILES string of the molecule is Cc1cc2cccc3c2c(c1)c(=O)n1c2cccc4cccc(nc31)c42. The highest BCUT2D eigenvalue weighted by Gasteiger charge is 2.16. The summed E-state index contributed by atoms with van der Waals surface area (Å²) >= 11 is 0. The Kier molecular flexibility index (Phi) is 2.43. The molecule has 4 aromatic carbocycles. The number of aromatic nitrogens is 2. The Balaban J connectivity index is 2.07. The van der Waals surface area contributed by atoms with E-state index in [0.29, 0.717) is 0 Å². The molecule has 0 saturated carbocycles. The van der Waals surface area contributed by atoms with Crippen molar-refractivity contribution in [3.05, 3.63) is 82.6 Å². The number of rotatable bonds is 0. The molecular formula is C23H14N2O. The van der Waals surface area contributed by atoms with Crippen LogP contribution in [0.25, 0.3) is 49.0 Å². The maximum atomic E-state index is 13.5. The van der Waals surface area contributed by atoms with Crippen molar-refractivity contribution in [2.24, 2.45) is 0 Å². The van der Waals surface area contributed by atoms with Crippen LogP contribution >= 0.6 is 0 Å². The first-order chi connectivity index (χ1) is 12.7. The molecule has 0 aliphatic carbocycles. The van der Waals surface area contributed by atoms with E-state index in [9.17, 15) is 4.79 Å². The molecule has 0 fully saturated rings. The van der Waals surface area contributed by atoms with Gasteiger partial charge in [-0.3, -0.25) is 9.20 Å². The summed E-state index contributed by atoms with van der Waals surface area (Å²) in [5.41, 5.74) is 3.65. The summed E-state index contributed by atoms with van der Waals surface area (Å²) in [5, 5.41) is 6.00. The van der Waals surface area contributed by atoms with E-state index in [1.165, 1.54) is 0 Å². The van der Waals surface area contributed by atoms with Crippen molar-refractivity contribution in [3.63, 3.8) is 0 Å². The first kappa shape index (κ1) is 13.8. The van der Waals surface area contributed by atoms with Crippen LogP contribution in [0.2, 0.25) is 0 Å². The maximum absolute atomic E-state index is 13.5. The van der Waals surface area contributed by atoms with E-state index in [2.05, 4.69) is 30.3 Å². The second-order valence-corrected chi connectivity index (χ2v) is 6.94. The van der Waals surface area contributed by atoms with Crippen LogP contribution in [0.15, 0.2) is 71.5 Å². The van der Waals surface area contributed by atoms with E-state index in [1.54, 1.807) is 4.40 Å². The van der Waals surface area contributed by atoms with Crippen LogP contribution in [0, 0.1) is 6.92 Å². The quantitative estimate of drug-likeness (QED) is 0.288. The molecule has 0 bridgehead atoms. The van der Waals surface area contributed by atoms with Gasteiger partial charge in [0.1, 0.15) is 5.65 Å². The Morgan fingerprint density at radius 2 is 1.58 bits per heavy atom. The van der Waals surface area contributed by atoms with E-state index < -0.39 is 0 Å². The standard InChI is InChI=1S/C23H14N2O/c1-13-11-15-7-2-8-16-20(15)17(12-13)23(26)25-19-10-4-6-14-5-3-9-18(21(14)19)24-22(16)25/h2-12H,1H3. The molecule has 2 heterocycles. The smallest absolute Gasteiger partial charge is 0.264 e. The first-order valence-electron chi connectivity index (χ1n) is 8.71. The second kappa shape index (κ2) is 4.58. The zero-order valence-electron chi connectivity index (χ0n) is 14.2. The van der Waals surface area contributed by atoms with Gasteiger partial charge in [-0.1, -0.05) is 48.5 Å². The zero-order chi connectivity index (χ0) is 17.4. The Labute approximate surface area is 148 Å². The van der Waals surface area contributed by atoms with Gasteiger partial charge in [-0.25, -0.2) is 4.98 Å². The summed E-state index contributed by atoms with van der Waals surface area (Å²) in [6.07, 6.45) is 0. The molecule has 0 spiro atoms. The molecule has 26 heavy (non-hydrogen) atoms. The van der Waals surface area contributed by atoms with Gasteiger partial charge in [-0.15, -0.1) is 0 Å². The molecule has 0 aliphatic heterocycles. The summed E-state index contributed by atoms with van der Waals surface area (Å²) in [6, 6.07) is 22.5. The van der Waals surface area contributed by atoms with Gasteiger partial charge in [0.15, 0.2) is 0 Å². The third-order valence-corrected chi connectivity index (χ3v) is 5.34. The molecule has 6 aromatic rings. The fourth-order valence-corrected chi connectivity index (χ4v) is 4.30. The van der Waals surface area contributed by atoms with Gasteiger partial charge in [0, 0.05) is 21.5 Å². The molecule has 0 saturated heterocycles. The van der Waals surface area contributed by atoms with Crippen molar-refractivity contribution in [2.45, 2.75) is 6.92 Å². The van der Waals surface area contributed by atoms with E-state index in [1.807, 2.05) is 43.3 Å². The minimum atomic E-state index is -0.00171. The maximum Gasteiger partial charge on any atom is 0.264 e. The van der Waals surface area contributed by atoms with E-state index in [-0.39, 0.29) is 5.56 Å². The summed E-state index contributed by atoms with van der Waals surface area (Å²) < 4.78 is 1.78. The molecule has 3 heteroatoms. The Hall–Kier alpha value is -3.46. The highest BCUT2D eigenvalue weighted by atomic mass is 16.1. The van der Waals surface area contributed by atoms with Crippen LogP contribution in [0.4, 0.5) is 0 Å². The predicted molar refractivity (Wildman–Crippen MR) is 107 cm³/mol. The van der Waals surface area contributed by atoms with Crippen LogP contribution in [-0.2, 0) is 0 Å². The largest absolute Gasteiger partial charge is 0.268 e. The first-order valence-corrected chi connectivity index (χ1v) is 8.71. The lowest BCUT2D eigenvalue weighted by atomic mass is 9.99. The fraction of sp³-hybridized carbons (Fsp3) is 0.0435. The Morgan fingerprint density at radius 3 is 2.46 bits per heavy atom. The van der Waals surface area contributed by atoms with Crippen molar-refractivity contribution in [1.82, 2.24) is 9.38 Å². The topological polar surface area (TPSA) is 34.4 Å². The van der Waals surface area contributed by atoms with Crippen molar-refractivity contribution in [2.75, 3.05) is 0 Å². The monoisotopic (exact) mass is 334 g/mol. The average Bonchev–Trinajstić information content (AvgIpc) is 2.66. The normalized spacial score (nSPS) is 12.2. The zero-order valence-corrected chi connectivity index (χ0v) is 14.2. The molecule has 3 nitrogen and oxygen atoms in total. The highest BCUT2D eigenvalue weighted by Crippen LogP contribution is 2.32. The van der Waals surface area contributed by atoms with Crippen LogP contribution in [0.3, 0.4) is 0 Å². The van der Waals surface area contributed by atoms with E-state index in [0.717, 1.165) is 54.6 Å². The van der Waals surface area contributed by atoms with Gasteiger partial charge >= 0.3 is 0 Å². The number of pyridine rings is 1. The van der Waals surface area contributed by atoms with Crippen molar-refractivity contribution >= 4 is 49.0 Å². The van der Waals surface area contributed by atoms with Crippen LogP contribution in [0.1, 0.15) is 5.56 Å². The van der Waals surface area contributed by atoms with Crippen molar-refractivity contribution in [1.29, 1.82) is 0 Å². The number of hydrogen-bond donors (Lipinski definition) is 0. The summed E-state index contributed by atoms with van der Waals surface area (Å²) in [6.45, 7) is 2.03. The van der Waals surface area contributed by atoms with Gasteiger partial charge in [0.25, 0.3) is 5.56 Å². The lowest BCUT2D eigenvalue weighted by molar-refractivity contribution is 1.15. The minimum Gasteiger partial charge on any atom is -0.268 e. The molecule has 0 N–H and O–H groups in total. The van der Waals surface area contributed by atoms with Gasteiger partial charge < -0.3 is 0 Å². The summed E-state index contributed by atoms with van der Waals surface area (Å²) in [4.78, 5) is 18.4. The van der Waals surface area contributed by atoms with Gasteiger partial charge in [-0.2, -0.15) is 0 Å². The minimum absolute atomic E-state index is 0.00171. The second-order valence-electron chi connectivity index (χ2n) is 6.94. The van der Waals surface area contributed by atoms with Crippen LogP contribution < -0.4 is 5.56 Å². The lowest BCUT2D eigenvalue weighted by Crippen LogP contribution is -2.16. The number of aryl methyl sites for hydroxylation is 1.